The molecular formula is C9H11BO2. The van der Waals surface area contributed by atoms with Crippen molar-refractivity contribution in [1.82, 2.24) is 0 Å². The van der Waals surface area contributed by atoms with Crippen LogP contribution in [0, 0.1) is 0 Å². The van der Waals surface area contributed by atoms with Crippen molar-refractivity contribution in [2.45, 2.75) is 0 Å². The van der Waals surface area contributed by atoms with Crippen molar-refractivity contribution in [3.63, 3.8) is 0 Å². The number of hydrogen-bond donors (Lipinski definition) is 1. The summed E-state index contributed by atoms with van der Waals surface area (Å²) in [5.74, 6) is 0.926. The molecule has 0 aliphatic carbocycles. The molecule has 1 rings (SSSR count). The van der Waals surface area contributed by atoms with E-state index < -0.39 is 0 Å². The second-order valence-corrected chi connectivity index (χ2v) is 2.55. The first-order valence-electron chi connectivity index (χ1n) is 3.77. The average Bonchev–Trinajstić information content (AvgIpc) is 2.07. The number of phenolic OH excluding ortho intramolecular Hbond substituents is 1. The third-order valence-electron chi connectivity index (χ3n) is 1.53. The zero-order valence-corrected chi connectivity index (χ0v) is 7.08. The van der Waals surface area contributed by atoms with Gasteiger partial charge in [-0.2, -0.15) is 0 Å². The minimum Gasteiger partial charge on any atom is -0.508 e. The summed E-state index contributed by atoms with van der Waals surface area (Å²) < 4.78 is 5.29. The van der Waals surface area contributed by atoms with Gasteiger partial charge in [0.05, 0.1) is 0 Å². The SMILES string of the molecule is Bc1ccc(O)cc1OCC=C. The smallest absolute Gasteiger partial charge is 0.144 e. The third kappa shape index (κ3) is 2.05. The van der Waals surface area contributed by atoms with E-state index in [1.54, 1.807) is 18.2 Å². The Morgan fingerprint density at radius 1 is 1.58 bits per heavy atom. The van der Waals surface area contributed by atoms with E-state index in [1.807, 2.05) is 13.9 Å². The van der Waals surface area contributed by atoms with Gasteiger partial charge in [0.15, 0.2) is 0 Å². The molecule has 0 saturated carbocycles. The molecule has 0 aromatic heterocycles. The third-order valence-corrected chi connectivity index (χ3v) is 1.53. The number of aromatic hydroxyl groups is 1. The zero-order valence-electron chi connectivity index (χ0n) is 7.08. The molecule has 3 heteroatoms. The Bertz CT molecular complexity index is 284. The van der Waals surface area contributed by atoms with Gasteiger partial charge in [-0.1, -0.05) is 18.7 Å². The Balaban J connectivity index is 2.82. The first kappa shape index (κ1) is 8.72. The van der Waals surface area contributed by atoms with Crippen LogP contribution in [0.25, 0.3) is 0 Å². The van der Waals surface area contributed by atoms with Gasteiger partial charge in [-0.25, -0.2) is 0 Å². The summed E-state index contributed by atoms with van der Waals surface area (Å²) in [6.45, 7) is 4.00. The molecule has 1 aromatic carbocycles. The largest absolute Gasteiger partial charge is 0.508 e. The van der Waals surface area contributed by atoms with Crippen molar-refractivity contribution >= 4 is 13.3 Å². The van der Waals surface area contributed by atoms with Gasteiger partial charge >= 0.3 is 0 Å². The quantitative estimate of drug-likeness (QED) is 0.508. The maximum absolute atomic E-state index is 9.13. The van der Waals surface area contributed by atoms with Crippen LogP contribution in [0.2, 0.25) is 0 Å². The zero-order chi connectivity index (χ0) is 8.97. The van der Waals surface area contributed by atoms with Gasteiger partial charge in [0.1, 0.15) is 26.0 Å². The minimum absolute atomic E-state index is 0.222. The van der Waals surface area contributed by atoms with Gasteiger partial charge in [-0.15, -0.1) is 0 Å². The van der Waals surface area contributed by atoms with E-state index in [0.717, 1.165) is 5.46 Å². The molecule has 0 spiro atoms. The van der Waals surface area contributed by atoms with Crippen LogP contribution in [0.5, 0.6) is 11.5 Å². The lowest BCUT2D eigenvalue weighted by molar-refractivity contribution is 0.363. The molecule has 12 heavy (non-hydrogen) atoms. The maximum Gasteiger partial charge on any atom is 0.144 e. The van der Waals surface area contributed by atoms with Crippen molar-refractivity contribution < 1.29 is 9.84 Å². The van der Waals surface area contributed by atoms with E-state index in [2.05, 4.69) is 6.58 Å². The molecule has 0 aliphatic heterocycles. The predicted molar refractivity (Wildman–Crippen MR) is 52.0 cm³/mol. The molecule has 0 aliphatic rings. The summed E-state index contributed by atoms with van der Waals surface area (Å²) in [5, 5.41) is 9.13. The van der Waals surface area contributed by atoms with Crippen molar-refractivity contribution in [2.24, 2.45) is 0 Å². The summed E-state index contributed by atoms with van der Waals surface area (Å²) in [7, 11) is 1.93. The van der Waals surface area contributed by atoms with E-state index in [9.17, 15) is 0 Å². The van der Waals surface area contributed by atoms with Gasteiger partial charge in [0.2, 0.25) is 0 Å². The Hall–Kier alpha value is -1.38. The van der Waals surface area contributed by atoms with Crippen LogP contribution in [0.3, 0.4) is 0 Å². The molecule has 0 saturated heterocycles. The average molecular weight is 162 g/mol. The molecule has 1 aromatic rings. The lowest BCUT2D eigenvalue weighted by atomic mass is 9.95. The fourth-order valence-corrected chi connectivity index (χ4v) is 0.893. The number of hydrogen-bond acceptors (Lipinski definition) is 2. The van der Waals surface area contributed by atoms with E-state index in [1.165, 1.54) is 0 Å². The van der Waals surface area contributed by atoms with Gasteiger partial charge in [-0.3, -0.25) is 0 Å². The molecule has 1 N–H and O–H groups in total. The molecule has 0 amide bonds. The number of rotatable bonds is 3. The minimum atomic E-state index is 0.222. The summed E-state index contributed by atoms with van der Waals surface area (Å²) in [5.41, 5.74) is 1.01. The van der Waals surface area contributed by atoms with Crippen molar-refractivity contribution in [2.75, 3.05) is 6.61 Å². The van der Waals surface area contributed by atoms with E-state index in [-0.39, 0.29) is 5.75 Å². The predicted octanol–water partition coefficient (Wildman–Crippen LogP) is 0.215. The molecule has 0 bridgehead atoms. The topological polar surface area (TPSA) is 29.5 Å². The Morgan fingerprint density at radius 3 is 3.00 bits per heavy atom. The normalized spacial score (nSPS) is 9.33. The first-order chi connectivity index (χ1) is 5.74. The van der Waals surface area contributed by atoms with Gasteiger partial charge in [-0.05, 0) is 11.5 Å². The van der Waals surface area contributed by atoms with Crippen LogP contribution >= 0.6 is 0 Å². The van der Waals surface area contributed by atoms with E-state index >= 15 is 0 Å². The van der Waals surface area contributed by atoms with Gasteiger partial charge in [0.25, 0.3) is 0 Å². The summed E-state index contributed by atoms with van der Waals surface area (Å²) >= 11 is 0. The highest BCUT2D eigenvalue weighted by atomic mass is 16.5. The molecule has 0 unspecified atom stereocenters. The second kappa shape index (κ2) is 3.86. The van der Waals surface area contributed by atoms with E-state index in [0.29, 0.717) is 12.4 Å². The lowest BCUT2D eigenvalue weighted by Gasteiger charge is -2.06. The molecular weight excluding hydrogens is 151 g/mol. The molecule has 0 fully saturated rings. The first-order valence-corrected chi connectivity index (χ1v) is 3.77. The maximum atomic E-state index is 9.13. The van der Waals surface area contributed by atoms with E-state index in [4.69, 9.17) is 9.84 Å². The highest BCUT2D eigenvalue weighted by Crippen LogP contribution is 2.14. The molecule has 62 valence electrons. The van der Waals surface area contributed by atoms with Crippen molar-refractivity contribution in [1.29, 1.82) is 0 Å². The van der Waals surface area contributed by atoms with Crippen molar-refractivity contribution in [3.8, 4) is 11.5 Å². The number of benzene rings is 1. The van der Waals surface area contributed by atoms with Crippen molar-refractivity contribution in [3.05, 3.63) is 30.9 Å². The van der Waals surface area contributed by atoms with Crippen LogP contribution in [0.4, 0.5) is 0 Å². The standard InChI is InChI=1S/C9H11BO2/c1-2-5-12-9-6-7(11)3-4-8(9)10/h2-4,6,11H,1,5,10H2. The highest BCUT2D eigenvalue weighted by Gasteiger charge is 1.98. The molecule has 0 heterocycles. The Morgan fingerprint density at radius 2 is 2.33 bits per heavy atom. The summed E-state index contributed by atoms with van der Waals surface area (Å²) in [4.78, 5) is 0. The molecule has 2 nitrogen and oxygen atoms in total. The van der Waals surface area contributed by atoms with Crippen LogP contribution in [0.1, 0.15) is 0 Å². The lowest BCUT2D eigenvalue weighted by Crippen LogP contribution is -2.08. The molecule has 0 atom stereocenters. The number of phenols is 1. The fourth-order valence-electron chi connectivity index (χ4n) is 0.893. The van der Waals surface area contributed by atoms with Gasteiger partial charge < -0.3 is 9.84 Å². The monoisotopic (exact) mass is 162 g/mol. The fraction of sp³-hybridized carbons (Fsp3) is 0.111. The second-order valence-electron chi connectivity index (χ2n) is 2.55. The summed E-state index contributed by atoms with van der Waals surface area (Å²) in [6.07, 6.45) is 1.67. The Labute approximate surface area is 72.9 Å². The van der Waals surface area contributed by atoms with Crippen LogP contribution < -0.4 is 10.2 Å². The van der Waals surface area contributed by atoms with Crippen LogP contribution in [-0.2, 0) is 0 Å². The molecule has 0 radical (unpaired) electrons. The van der Waals surface area contributed by atoms with Crippen LogP contribution in [-0.4, -0.2) is 19.6 Å². The Kier molecular flexibility index (Phi) is 2.80. The number of ether oxygens (including phenoxy) is 1. The van der Waals surface area contributed by atoms with Gasteiger partial charge in [0, 0.05) is 6.07 Å². The summed E-state index contributed by atoms with van der Waals surface area (Å²) in [6, 6.07) is 5.04. The van der Waals surface area contributed by atoms with Crippen LogP contribution in [0.15, 0.2) is 30.9 Å². The highest BCUT2D eigenvalue weighted by molar-refractivity contribution is 6.34.